The van der Waals surface area contributed by atoms with Gasteiger partial charge in [0.25, 0.3) is 5.24 Å². The molecule has 0 fully saturated rings. The molecule has 0 aliphatic heterocycles. The molecule has 0 unspecified atom stereocenters. The van der Waals surface area contributed by atoms with E-state index in [1.54, 1.807) is 25.3 Å². The molecule has 0 bridgehead atoms. The number of hydrogen-bond donors (Lipinski definition) is 0. The van der Waals surface area contributed by atoms with Crippen molar-refractivity contribution in [2.24, 2.45) is 0 Å². The molecule has 0 aromatic heterocycles. The number of benzene rings is 2. The maximum atomic E-state index is 11.2. The minimum Gasteiger partial charge on any atom is -0.493 e. The summed E-state index contributed by atoms with van der Waals surface area (Å²) < 4.78 is 10.9. The van der Waals surface area contributed by atoms with Gasteiger partial charge in [-0.1, -0.05) is 29.8 Å². The average molecular weight is 291 g/mol. The number of hydrogen-bond acceptors (Lipinski definition) is 3. The first-order valence-electron chi connectivity index (χ1n) is 6.16. The van der Waals surface area contributed by atoms with Gasteiger partial charge in [-0.15, -0.1) is 0 Å². The Morgan fingerprint density at radius 2 is 1.80 bits per heavy atom. The van der Waals surface area contributed by atoms with Crippen LogP contribution in [0, 0.1) is 6.92 Å². The van der Waals surface area contributed by atoms with E-state index in [4.69, 9.17) is 21.1 Å². The van der Waals surface area contributed by atoms with Gasteiger partial charge < -0.3 is 9.47 Å². The Kier molecular flexibility index (Phi) is 4.64. The lowest BCUT2D eigenvalue weighted by atomic mass is 10.1. The van der Waals surface area contributed by atoms with Gasteiger partial charge in [0.2, 0.25) is 0 Å². The normalized spacial score (nSPS) is 10.2. The molecule has 0 aliphatic carbocycles. The Hall–Kier alpha value is -2.00. The molecule has 0 radical (unpaired) electrons. The highest BCUT2D eigenvalue weighted by Crippen LogP contribution is 2.29. The van der Waals surface area contributed by atoms with Crippen LogP contribution in [-0.4, -0.2) is 12.4 Å². The fourth-order valence-electron chi connectivity index (χ4n) is 1.76. The predicted molar refractivity (Wildman–Crippen MR) is 78.7 cm³/mol. The maximum Gasteiger partial charge on any atom is 0.252 e. The third-order valence-corrected chi connectivity index (χ3v) is 3.12. The van der Waals surface area contributed by atoms with Crippen LogP contribution in [0.15, 0.2) is 42.5 Å². The van der Waals surface area contributed by atoms with E-state index in [1.807, 2.05) is 31.2 Å². The fourth-order valence-corrected chi connectivity index (χ4v) is 1.87. The number of ether oxygens (including phenoxy) is 2. The lowest BCUT2D eigenvalue weighted by Crippen LogP contribution is -1.99. The van der Waals surface area contributed by atoms with Gasteiger partial charge in [-0.3, -0.25) is 4.79 Å². The molecule has 104 valence electrons. The molecule has 0 saturated heterocycles. The molecule has 0 atom stereocenters. The number of methoxy groups -OCH3 is 1. The zero-order valence-corrected chi connectivity index (χ0v) is 12.1. The van der Waals surface area contributed by atoms with E-state index < -0.39 is 5.24 Å². The Morgan fingerprint density at radius 1 is 1.10 bits per heavy atom. The first-order chi connectivity index (χ1) is 9.60. The second kappa shape index (κ2) is 6.44. The van der Waals surface area contributed by atoms with Crippen LogP contribution in [0.3, 0.4) is 0 Å². The zero-order valence-electron chi connectivity index (χ0n) is 11.4. The van der Waals surface area contributed by atoms with Crippen LogP contribution in [0.25, 0.3) is 0 Å². The van der Waals surface area contributed by atoms with Gasteiger partial charge in [0, 0.05) is 5.56 Å². The SMILES string of the molecule is COc1ccc(C(=O)Cl)cc1OCc1ccc(C)cc1. The molecule has 0 heterocycles. The van der Waals surface area contributed by atoms with Crippen LogP contribution in [0.4, 0.5) is 0 Å². The van der Waals surface area contributed by atoms with Gasteiger partial charge in [0.05, 0.1) is 7.11 Å². The highest BCUT2D eigenvalue weighted by molar-refractivity contribution is 6.67. The third kappa shape index (κ3) is 3.52. The van der Waals surface area contributed by atoms with Crippen LogP contribution >= 0.6 is 11.6 Å². The van der Waals surface area contributed by atoms with E-state index >= 15 is 0 Å². The minimum absolute atomic E-state index is 0.381. The van der Waals surface area contributed by atoms with Crippen LogP contribution in [0.2, 0.25) is 0 Å². The summed E-state index contributed by atoms with van der Waals surface area (Å²) in [7, 11) is 1.55. The predicted octanol–water partition coefficient (Wildman–Crippen LogP) is 3.96. The van der Waals surface area contributed by atoms with Gasteiger partial charge in [0.15, 0.2) is 11.5 Å². The number of rotatable bonds is 5. The van der Waals surface area contributed by atoms with E-state index in [2.05, 4.69) is 0 Å². The first-order valence-corrected chi connectivity index (χ1v) is 6.54. The minimum atomic E-state index is -0.521. The first kappa shape index (κ1) is 14.4. The molecule has 2 aromatic rings. The second-order valence-electron chi connectivity index (χ2n) is 4.41. The van der Waals surface area contributed by atoms with Crippen molar-refractivity contribution in [3.63, 3.8) is 0 Å². The highest BCUT2D eigenvalue weighted by atomic mass is 35.5. The van der Waals surface area contributed by atoms with Crippen molar-refractivity contribution < 1.29 is 14.3 Å². The molecule has 2 rings (SSSR count). The molecule has 0 saturated carbocycles. The lowest BCUT2D eigenvalue weighted by molar-refractivity contribution is 0.108. The van der Waals surface area contributed by atoms with Crippen LogP contribution in [-0.2, 0) is 6.61 Å². The number of carbonyl (C=O) groups is 1. The molecule has 20 heavy (non-hydrogen) atoms. The van der Waals surface area contributed by atoms with Gasteiger partial charge in [-0.2, -0.15) is 0 Å². The fraction of sp³-hybridized carbons (Fsp3) is 0.188. The summed E-state index contributed by atoms with van der Waals surface area (Å²) in [5, 5.41) is -0.521. The van der Waals surface area contributed by atoms with E-state index in [1.165, 1.54) is 5.56 Å². The maximum absolute atomic E-state index is 11.2. The summed E-state index contributed by atoms with van der Waals surface area (Å²) in [4.78, 5) is 11.2. The van der Waals surface area contributed by atoms with Crippen molar-refractivity contribution in [1.29, 1.82) is 0 Å². The second-order valence-corrected chi connectivity index (χ2v) is 4.76. The molecular formula is C16H15ClO3. The van der Waals surface area contributed by atoms with E-state index in [0.717, 1.165) is 5.56 Å². The topological polar surface area (TPSA) is 35.5 Å². The Labute approximate surface area is 123 Å². The summed E-state index contributed by atoms with van der Waals surface area (Å²) in [6.45, 7) is 2.43. The molecule has 0 N–H and O–H groups in total. The lowest BCUT2D eigenvalue weighted by Gasteiger charge is -2.11. The molecular weight excluding hydrogens is 276 g/mol. The summed E-state index contributed by atoms with van der Waals surface area (Å²) in [6, 6.07) is 12.9. The van der Waals surface area contributed by atoms with Crippen molar-refractivity contribution in [2.75, 3.05) is 7.11 Å². The van der Waals surface area contributed by atoms with Gasteiger partial charge in [-0.25, -0.2) is 0 Å². The van der Waals surface area contributed by atoms with Crippen LogP contribution < -0.4 is 9.47 Å². The van der Waals surface area contributed by atoms with Gasteiger partial charge in [0.1, 0.15) is 6.61 Å². The van der Waals surface area contributed by atoms with E-state index in [-0.39, 0.29) is 0 Å². The van der Waals surface area contributed by atoms with Crippen molar-refractivity contribution in [3.8, 4) is 11.5 Å². The summed E-state index contributed by atoms with van der Waals surface area (Å²) in [6.07, 6.45) is 0. The van der Waals surface area contributed by atoms with Crippen molar-refractivity contribution >= 4 is 16.8 Å². The van der Waals surface area contributed by atoms with Gasteiger partial charge in [-0.05, 0) is 42.3 Å². The van der Waals surface area contributed by atoms with Crippen molar-refractivity contribution in [1.82, 2.24) is 0 Å². The largest absolute Gasteiger partial charge is 0.493 e. The van der Waals surface area contributed by atoms with E-state index in [9.17, 15) is 4.79 Å². The quantitative estimate of drug-likeness (QED) is 0.782. The molecule has 4 heteroatoms. The zero-order chi connectivity index (χ0) is 14.5. The molecule has 0 spiro atoms. The molecule has 0 amide bonds. The third-order valence-electron chi connectivity index (χ3n) is 2.91. The summed E-state index contributed by atoms with van der Waals surface area (Å²) >= 11 is 5.47. The Bertz CT molecular complexity index is 606. The summed E-state index contributed by atoms with van der Waals surface area (Å²) in [5.41, 5.74) is 2.62. The van der Waals surface area contributed by atoms with Gasteiger partial charge >= 0.3 is 0 Å². The number of halogens is 1. The average Bonchev–Trinajstić information content (AvgIpc) is 2.46. The molecule has 2 aromatic carbocycles. The molecule has 3 nitrogen and oxygen atoms in total. The van der Waals surface area contributed by atoms with Crippen molar-refractivity contribution in [2.45, 2.75) is 13.5 Å². The number of carbonyl (C=O) groups excluding carboxylic acids is 1. The Morgan fingerprint density at radius 3 is 2.40 bits per heavy atom. The standard InChI is InChI=1S/C16H15ClO3/c1-11-3-5-12(6-4-11)10-20-15-9-13(16(17)18)7-8-14(15)19-2/h3-9H,10H2,1-2H3. The summed E-state index contributed by atoms with van der Waals surface area (Å²) in [5.74, 6) is 1.07. The van der Waals surface area contributed by atoms with Crippen molar-refractivity contribution in [3.05, 3.63) is 59.2 Å². The number of aryl methyl sites for hydroxylation is 1. The van der Waals surface area contributed by atoms with Crippen LogP contribution in [0.1, 0.15) is 21.5 Å². The highest BCUT2D eigenvalue weighted by Gasteiger charge is 2.09. The monoisotopic (exact) mass is 290 g/mol. The smallest absolute Gasteiger partial charge is 0.252 e. The van der Waals surface area contributed by atoms with E-state index in [0.29, 0.717) is 23.7 Å². The molecule has 0 aliphatic rings. The van der Waals surface area contributed by atoms with Crippen LogP contribution in [0.5, 0.6) is 11.5 Å². The Balaban J connectivity index is 2.16.